The summed E-state index contributed by atoms with van der Waals surface area (Å²) in [6.07, 6.45) is 4.80. The molecular formula is C20H30N2O4S. The van der Waals surface area contributed by atoms with Crippen molar-refractivity contribution >= 4 is 17.7 Å². The molecule has 2 saturated heterocycles. The van der Waals surface area contributed by atoms with Gasteiger partial charge in [0.25, 0.3) is 0 Å². The van der Waals surface area contributed by atoms with E-state index in [1.54, 1.807) is 33.1 Å². The second-order valence-electron chi connectivity index (χ2n) is 6.96. The number of hydrogen-bond donors (Lipinski definition) is 0. The van der Waals surface area contributed by atoms with E-state index in [0.29, 0.717) is 17.3 Å². The van der Waals surface area contributed by atoms with Gasteiger partial charge in [-0.3, -0.25) is 4.79 Å². The molecule has 0 saturated carbocycles. The topological polar surface area (TPSA) is 51.2 Å². The molecule has 1 aromatic rings. The summed E-state index contributed by atoms with van der Waals surface area (Å²) in [4.78, 5) is 17.0. The standard InChI is InChI=1S/C20H30N2O4S/c1-24-16-13-18(26-3)17(25-2)12-15(16)20-22(19(23)14-27-20)11-7-6-10-21-8-4-5-9-21/h12-13,20H,4-11,14H2,1-3H3. The van der Waals surface area contributed by atoms with E-state index >= 15 is 0 Å². The lowest BCUT2D eigenvalue weighted by atomic mass is 10.1. The first-order chi connectivity index (χ1) is 13.2. The summed E-state index contributed by atoms with van der Waals surface area (Å²) in [6, 6.07) is 3.77. The molecule has 150 valence electrons. The average molecular weight is 395 g/mol. The Balaban J connectivity index is 1.69. The Morgan fingerprint density at radius 2 is 1.59 bits per heavy atom. The number of amides is 1. The number of thioether (sulfide) groups is 1. The zero-order valence-corrected chi connectivity index (χ0v) is 17.3. The number of carbonyl (C=O) groups is 1. The summed E-state index contributed by atoms with van der Waals surface area (Å²) in [6.45, 7) is 4.37. The third-order valence-corrected chi connectivity index (χ3v) is 6.53. The second kappa shape index (κ2) is 9.55. The molecule has 6 nitrogen and oxygen atoms in total. The highest BCUT2D eigenvalue weighted by Gasteiger charge is 2.35. The van der Waals surface area contributed by atoms with Gasteiger partial charge in [0.15, 0.2) is 11.5 Å². The molecule has 1 unspecified atom stereocenters. The average Bonchev–Trinajstić information content (AvgIpc) is 3.34. The van der Waals surface area contributed by atoms with Crippen LogP contribution >= 0.6 is 11.8 Å². The first-order valence-corrected chi connectivity index (χ1v) is 10.7. The van der Waals surface area contributed by atoms with Crippen molar-refractivity contribution in [2.24, 2.45) is 0 Å². The molecule has 0 aliphatic carbocycles. The number of unbranched alkanes of at least 4 members (excludes halogenated alkanes) is 1. The van der Waals surface area contributed by atoms with Gasteiger partial charge in [-0.15, -0.1) is 11.8 Å². The maximum atomic E-state index is 12.5. The molecule has 2 aliphatic heterocycles. The van der Waals surface area contributed by atoms with E-state index in [0.717, 1.165) is 37.2 Å². The number of ether oxygens (including phenoxy) is 3. The van der Waals surface area contributed by atoms with Crippen LogP contribution in [0.4, 0.5) is 0 Å². The van der Waals surface area contributed by atoms with Crippen LogP contribution in [0, 0.1) is 0 Å². The van der Waals surface area contributed by atoms with Gasteiger partial charge in [-0.2, -0.15) is 0 Å². The normalized spacial score (nSPS) is 20.3. The first kappa shape index (κ1) is 20.1. The Hall–Kier alpha value is -1.60. The fourth-order valence-electron chi connectivity index (χ4n) is 3.82. The number of benzene rings is 1. The monoisotopic (exact) mass is 394 g/mol. The van der Waals surface area contributed by atoms with E-state index in [2.05, 4.69) is 4.90 Å². The van der Waals surface area contributed by atoms with Gasteiger partial charge in [0.1, 0.15) is 11.1 Å². The summed E-state index contributed by atoms with van der Waals surface area (Å²) in [5.74, 6) is 2.71. The highest BCUT2D eigenvalue weighted by molar-refractivity contribution is 8.00. The summed E-state index contributed by atoms with van der Waals surface area (Å²) in [7, 11) is 4.88. The van der Waals surface area contributed by atoms with Crippen LogP contribution in [0.25, 0.3) is 0 Å². The molecule has 0 aromatic heterocycles. The number of nitrogens with zero attached hydrogens (tertiary/aromatic N) is 2. The summed E-state index contributed by atoms with van der Waals surface area (Å²) in [5.41, 5.74) is 0.963. The minimum atomic E-state index is -0.0426. The molecule has 1 amide bonds. The number of methoxy groups -OCH3 is 3. The molecule has 0 N–H and O–H groups in total. The van der Waals surface area contributed by atoms with E-state index < -0.39 is 0 Å². The number of hydrogen-bond acceptors (Lipinski definition) is 6. The van der Waals surface area contributed by atoms with E-state index in [9.17, 15) is 4.79 Å². The van der Waals surface area contributed by atoms with Crippen molar-refractivity contribution in [1.29, 1.82) is 0 Å². The largest absolute Gasteiger partial charge is 0.496 e. The maximum absolute atomic E-state index is 12.5. The van der Waals surface area contributed by atoms with Crippen LogP contribution in [0.2, 0.25) is 0 Å². The van der Waals surface area contributed by atoms with E-state index in [-0.39, 0.29) is 11.3 Å². The molecule has 0 bridgehead atoms. The SMILES string of the molecule is COc1cc(OC)c(C2SCC(=O)N2CCCCN2CCCC2)cc1OC. The molecule has 3 rings (SSSR count). The first-order valence-electron chi connectivity index (χ1n) is 9.61. The van der Waals surface area contributed by atoms with E-state index in [1.807, 2.05) is 17.0 Å². The predicted molar refractivity (Wildman–Crippen MR) is 108 cm³/mol. The van der Waals surface area contributed by atoms with Gasteiger partial charge in [-0.05, 0) is 51.4 Å². The van der Waals surface area contributed by atoms with Gasteiger partial charge in [0.2, 0.25) is 5.91 Å². The van der Waals surface area contributed by atoms with Crippen LogP contribution < -0.4 is 14.2 Å². The van der Waals surface area contributed by atoms with Crippen LogP contribution in [-0.2, 0) is 4.79 Å². The van der Waals surface area contributed by atoms with Crippen LogP contribution in [0.3, 0.4) is 0 Å². The molecule has 2 aliphatic rings. The fourth-order valence-corrected chi connectivity index (χ4v) is 5.06. The molecule has 7 heteroatoms. The van der Waals surface area contributed by atoms with Gasteiger partial charge in [0.05, 0.1) is 27.1 Å². The van der Waals surface area contributed by atoms with Gasteiger partial charge in [-0.25, -0.2) is 0 Å². The van der Waals surface area contributed by atoms with Crippen LogP contribution in [0.5, 0.6) is 17.2 Å². The molecule has 0 radical (unpaired) electrons. The Kier molecular flexibility index (Phi) is 7.13. The van der Waals surface area contributed by atoms with Crippen molar-refractivity contribution in [2.75, 3.05) is 53.3 Å². The predicted octanol–water partition coefficient (Wildman–Crippen LogP) is 3.16. The van der Waals surface area contributed by atoms with Gasteiger partial charge < -0.3 is 24.0 Å². The lowest BCUT2D eigenvalue weighted by Gasteiger charge is -2.26. The molecular weight excluding hydrogens is 364 g/mol. The van der Waals surface area contributed by atoms with Crippen molar-refractivity contribution in [3.8, 4) is 17.2 Å². The highest BCUT2D eigenvalue weighted by atomic mass is 32.2. The van der Waals surface area contributed by atoms with Gasteiger partial charge >= 0.3 is 0 Å². The van der Waals surface area contributed by atoms with E-state index in [4.69, 9.17) is 14.2 Å². The van der Waals surface area contributed by atoms with Crippen LogP contribution in [-0.4, -0.2) is 69.0 Å². The summed E-state index contributed by atoms with van der Waals surface area (Å²) < 4.78 is 16.4. The molecule has 0 spiro atoms. The minimum absolute atomic E-state index is 0.0426. The van der Waals surface area contributed by atoms with Crippen molar-refractivity contribution in [3.63, 3.8) is 0 Å². The lowest BCUT2D eigenvalue weighted by Crippen LogP contribution is -2.30. The number of carbonyl (C=O) groups excluding carboxylic acids is 1. The van der Waals surface area contributed by atoms with Crippen LogP contribution in [0.15, 0.2) is 12.1 Å². The Morgan fingerprint density at radius 1 is 0.963 bits per heavy atom. The van der Waals surface area contributed by atoms with Crippen molar-refractivity contribution in [3.05, 3.63) is 17.7 Å². The molecule has 1 aromatic carbocycles. The van der Waals surface area contributed by atoms with Crippen LogP contribution in [0.1, 0.15) is 36.6 Å². The number of likely N-dealkylation sites (tertiary alicyclic amines) is 1. The van der Waals surface area contributed by atoms with Crippen molar-refractivity contribution < 1.29 is 19.0 Å². The highest BCUT2D eigenvalue weighted by Crippen LogP contribution is 2.46. The van der Waals surface area contributed by atoms with E-state index in [1.165, 1.54) is 25.9 Å². The number of rotatable bonds is 9. The quantitative estimate of drug-likeness (QED) is 0.600. The fraction of sp³-hybridized carbons (Fsp3) is 0.650. The zero-order chi connectivity index (χ0) is 19.2. The molecule has 27 heavy (non-hydrogen) atoms. The van der Waals surface area contributed by atoms with Crippen molar-refractivity contribution in [2.45, 2.75) is 31.1 Å². The summed E-state index contributed by atoms with van der Waals surface area (Å²) >= 11 is 1.65. The molecule has 1 atom stereocenters. The lowest BCUT2D eigenvalue weighted by molar-refractivity contribution is -0.128. The third kappa shape index (κ3) is 4.63. The van der Waals surface area contributed by atoms with Gasteiger partial charge in [-0.1, -0.05) is 0 Å². The zero-order valence-electron chi connectivity index (χ0n) is 16.5. The second-order valence-corrected chi connectivity index (χ2v) is 8.02. The third-order valence-electron chi connectivity index (χ3n) is 5.29. The summed E-state index contributed by atoms with van der Waals surface area (Å²) in [5, 5.41) is -0.0426. The van der Waals surface area contributed by atoms with Crippen molar-refractivity contribution in [1.82, 2.24) is 9.80 Å². The maximum Gasteiger partial charge on any atom is 0.233 e. The smallest absolute Gasteiger partial charge is 0.233 e. The Morgan fingerprint density at radius 3 is 2.26 bits per heavy atom. The molecule has 2 heterocycles. The minimum Gasteiger partial charge on any atom is -0.496 e. The van der Waals surface area contributed by atoms with Gasteiger partial charge in [0, 0.05) is 18.2 Å². The Labute approximate surface area is 166 Å². The Bertz CT molecular complexity index is 649. The molecule has 2 fully saturated rings.